The van der Waals surface area contributed by atoms with Crippen molar-refractivity contribution < 1.29 is 25.8 Å². The van der Waals surface area contributed by atoms with E-state index < -0.39 is 0 Å². The molecule has 2 heteroatoms. The monoisotopic (exact) mass is 346 g/mol. The van der Waals surface area contributed by atoms with E-state index in [0.29, 0.717) is 0 Å². The molecule has 0 N–H and O–H groups in total. The Morgan fingerprint density at radius 1 is 0.833 bits per heavy atom. The van der Waals surface area contributed by atoms with Crippen LogP contribution in [-0.4, -0.2) is 0 Å². The average Bonchev–Trinajstić information content (AvgIpc) is 2.67. The quantitative estimate of drug-likeness (QED) is 0.468. The number of allylic oxidation sites excluding steroid dienone is 8. The van der Waals surface area contributed by atoms with Crippen molar-refractivity contribution in [2.24, 2.45) is 0 Å². The summed E-state index contributed by atoms with van der Waals surface area (Å²) in [5.41, 5.74) is 0. The molecule has 2 rings (SSSR count). The number of hydrogen-bond donors (Lipinski definition) is 0. The molecule has 0 amide bonds. The Morgan fingerprint density at radius 3 is 1.33 bits per heavy atom. The van der Waals surface area contributed by atoms with E-state index in [0.717, 1.165) is 12.8 Å². The minimum Gasteiger partial charge on any atom is -0.273 e. The topological polar surface area (TPSA) is 0 Å². The maximum Gasteiger partial charge on any atom is 4.00 e. The minimum atomic E-state index is 0. The number of hydrogen-bond acceptors (Lipinski definition) is 0. The molecule has 0 nitrogen and oxygen atoms in total. The Balaban J connectivity index is 0. The fraction of sp³-hybridized carbons (Fsp3) is 0.200. The van der Waals surface area contributed by atoms with Crippen molar-refractivity contribution in [3.8, 4) is 0 Å². The minimum absolute atomic E-state index is 0. The van der Waals surface area contributed by atoms with Crippen LogP contribution >= 0.6 is 12.4 Å². The predicted molar refractivity (Wildman–Crippen MR) is 50.4 cm³/mol. The summed E-state index contributed by atoms with van der Waals surface area (Å²) < 4.78 is 0. The van der Waals surface area contributed by atoms with Crippen molar-refractivity contribution in [1.82, 2.24) is 0 Å². The maximum atomic E-state index is 2.99. The van der Waals surface area contributed by atoms with E-state index in [1.807, 2.05) is 24.3 Å². The van der Waals surface area contributed by atoms with Gasteiger partial charge in [0.15, 0.2) is 0 Å². The predicted octanol–water partition coefficient (Wildman–Crippen LogP) is 3.03. The first-order chi connectivity index (χ1) is 5.00. The molecule has 12 heavy (non-hydrogen) atoms. The van der Waals surface area contributed by atoms with Gasteiger partial charge in [0.1, 0.15) is 0 Å². The van der Waals surface area contributed by atoms with Crippen LogP contribution in [0, 0.1) is 12.2 Å². The third kappa shape index (κ3) is 8.22. The van der Waals surface area contributed by atoms with E-state index in [9.17, 15) is 0 Å². The van der Waals surface area contributed by atoms with Crippen LogP contribution in [0.4, 0.5) is 0 Å². The average molecular weight is 345 g/mol. The molecule has 0 saturated heterocycles. The van der Waals surface area contributed by atoms with Gasteiger partial charge in [-0.2, -0.15) is 12.2 Å². The molecule has 0 aromatic heterocycles. The second-order valence-corrected chi connectivity index (χ2v) is 2.01. The summed E-state index contributed by atoms with van der Waals surface area (Å²) in [4.78, 5) is 0. The third-order valence-electron chi connectivity index (χ3n) is 1.17. The Morgan fingerprint density at radius 2 is 1.25 bits per heavy atom. The summed E-state index contributed by atoms with van der Waals surface area (Å²) in [6, 6.07) is 0. The first kappa shape index (κ1) is 14.6. The van der Waals surface area contributed by atoms with Crippen LogP contribution in [0.1, 0.15) is 12.8 Å². The van der Waals surface area contributed by atoms with Gasteiger partial charge in [-0.1, -0.05) is 0 Å². The van der Waals surface area contributed by atoms with E-state index >= 15 is 0 Å². The van der Waals surface area contributed by atoms with Crippen molar-refractivity contribution >= 4 is 12.4 Å². The molecule has 60 valence electrons. The molecule has 0 bridgehead atoms. The van der Waals surface area contributed by atoms with Gasteiger partial charge in [0.2, 0.25) is 0 Å². The zero-order valence-electron chi connectivity index (χ0n) is 6.79. The van der Waals surface area contributed by atoms with Crippen molar-refractivity contribution in [3.05, 3.63) is 48.6 Å². The van der Waals surface area contributed by atoms with Crippen LogP contribution in [0.5, 0.6) is 0 Å². The normalized spacial score (nSPS) is 14.7. The summed E-state index contributed by atoms with van der Waals surface area (Å²) in [6.07, 6.45) is 20.0. The van der Waals surface area contributed by atoms with Crippen LogP contribution in [0.2, 0.25) is 0 Å². The molecule has 0 aromatic rings. The molecule has 0 spiro atoms. The van der Waals surface area contributed by atoms with Gasteiger partial charge in [-0.3, -0.25) is 12.2 Å². The van der Waals surface area contributed by atoms with Crippen LogP contribution in [0.15, 0.2) is 36.5 Å². The second kappa shape index (κ2) is 11.1. The van der Waals surface area contributed by atoms with Gasteiger partial charge in [0.25, 0.3) is 0 Å². The molecule has 0 aliphatic heterocycles. The zero-order chi connectivity index (χ0) is 7.07. The Kier molecular flexibility index (Phi) is 13.6. The van der Waals surface area contributed by atoms with Crippen molar-refractivity contribution in [1.29, 1.82) is 0 Å². The van der Waals surface area contributed by atoms with E-state index in [1.165, 1.54) is 0 Å². The molecule has 0 radical (unpaired) electrons. The van der Waals surface area contributed by atoms with Gasteiger partial charge in [-0.05, 0) is 0 Å². The number of rotatable bonds is 0. The van der Waals surface area contributed by atoms with Crippen molar-refractivity contribution in [2.45, 2.75) is 12.8 Å². The third-order valence-corrected chi connectivity index (χ3v) is 1.17. The molecule has 0 aromatic carbocycles. The summed E-state index contributed by atoms with van der Waals surface area (Å²) in [6.45, 7) is 0. The smallest absolute Gasteiger partial charge is 0.273 e. The van der Waals surface area contributed by atoms with E-state index in [-0.39, 0.29) is 38.3 Å². The standard InChI is InChI=1S/2C5H5.ClH.Hf/c2*1-2-4-5-3-1;;/h2*1-3H,4H2;1H;/q2*-1;;+4. The largest absolute Gasteiger partial charge is 4.00 e. The molecular formula is C10H11ClHf+2. The van der Waals surface area contributed by atoms with Crippen LogP contribution < -0.4 is 0 Å². The molecule has 0 saturated carbocycles. The molecule has 0 fully saturated rings. The first-order valence-electron chi connectivity index (χ1n) is 3.43. The first-order valence-corrected chi connectivity index (χ1v) is 3.43. The van der Waals surface area contributed by atoms with Gasteiger partial charge >= 0.3 is 25.8 Å². The summed E-state index contributed by atoms with van der Waals surface area (Å²) in [5.74, 6) is 0. The van der Waals surface area contributed by atoms with Crippen LogP contribution in [0.25, 0.3) is 0 Å². The fourth-order valence-corrected chi connectivity index (χ4v) is 0.680. The summed E-state index contributed by atoms with van der Waals surface area (Å²) in [7, 11) is 0. The molecule has 2 aliphatic rings. The van der Waals surface area contributed by atoms with Gasteiger partial charge in [-0.15, -0.1) is 25.2 Å². The zero-order valence-corrected chi connectivity index (χ0v) is 11.2. The van der Waals surface area contributed by atoms with Crippen molar-refractivity contribution in [3.63, 3.8) is 0 Å². The van der Waals surface area contributed by atoms with Gasteiger partial charge in [0, 0.05) is 0 Å². The van der Waals surface area contributed by atoms with Crippen molar-refractivity contribution in [2.75, 3.05) is 0 Å². The Labute approximate surface area is 99.3 Å². The number of halogens is 1. The summed E-state index contributed by atoms with van der Waals surface area (Å²) >= 11 is 0. The van der Waals surface area contributed by atoms with Gasteiger partial charge in [0.05, 0.1) is 0 Å². The molecular weight excluding hydrogens is 334 g/mol. The van der Waals surface area contributed by atoms with Crippen LogP contribution in [-0.2, 0) is 25.8 Å². The van der Waals surface area contributed by atoms with E-state index in [4.69, 9.17) is 0 Å². The summed E-state index contributed by atoms with van der Waals surface area (Å²) in [5, 5.41) is 0. The SMILES string of the molecule is Cl.[C-]1=CC=CC1.[C-]1=CC=CC1.[Hf+4]. The molecule has 0 heterocycles. The van der Waals surface area contributed by atoms with E-state index in [2.05, 4.69) is 24.3 Å². The molecule has 2 aliphatic carbocycles. The molecule has 0 atom stereocenters. The second-order valence-electron chi connectivity index (χ2n) is 2.01. The Hall–Kier alpha value is 0.120. The fourth-order valence-electron chi connectivity index (χ4n) is 0.680. The molecule has 0 unspecified atom stereocenters. The van der Waals surface area contributed by atoms with Crippen LogP contribution in [0.3, 0.4) is 0 Å². The van der Waals surface area contributed by atoms with Gasteiger partial charge < -0.3 is 0 Å². The Bertz CT molecular complexity index is 148. The van der Waals surface area contributed by atoms with Gasteiger partial charge in [-0.25, -0.2) is 24.3 Å². The van der Waals surface area contributed by atoms with E-state index in [1.54, 1.807) is 0 Å². The maximum absolute atomic E-state index is 2.99.